The van der Waals surface area contributed by atoms with Crippen LogP contribution in [0.1, 0.15) is 19.4 Å². The summed E-state index contributed by atoms with van der Waals surface area (Å²) in [6.07, 6.45) is 5.04. The summed E-state index contributed by atoms with van der Waals surface area (Å²) >= 11 is 12.0. The predicted octanol–water partition coefficient (Wildman–Crippen LogP) is 3.61. The molecule has 2 aromatic rings. The molecule has 0 amide bonds. The number of rotatable bonds is 1. The summed E-state index contributed by atoms with van der Waals surface area (Å²) in [5.41, 5.74) is 0.450. The molecule has 0 saturated carbocycles. The summed E-state index contributed by atoms with van der Waals surface area (Å²) in [6.45, 7) is 3.78. The molecule has 0 saturated heterocycles. The van der Waals surface area contributed by atoms with Crippen molar-refractivity contribution in [3.8, 4) is 5.88 Å². The predicted molar refractivity (Wildman–Crippen MR) is 83.0 cm³/mol. The first-order valence-corrected chi connectivity index (χ1v) is 7.08. The first-order chi connectivity index (χ1) is 9.87. The molecule has 0 spiro atoms. The van der Waals surface area contributed by atoms with Gasteiger partial charge in [-0.2, -0.15) is 0 Å². The molecule has 3 rings (SSSR count). The van der Waals surface area contributed by atoms with Crippen LogP contribution in [0.25, 0.3) is 5.70 Å². The van der Waals surface area contributed by atoms with Crippen molar-refractivity contribution in [3.63, 3.8) is 0 Å². The van der Waals surface area contributed by atoms with Gasteiger partial charge in [-0.25, -0.2) is 4.98 Å². The van der Waals surface area contributed by atoms with Crippen molar-refractivity contribution in [2.24, 2.45) is 0 Å². The zero-order valence-electron chi connectivity index (χ0n) is 11.4. The van der Waals surface area contributed by atoms with E-state index in [9.17, 15) is 4.79 Å². The minimum absolute atomic E-state index is 0.0677. The number of fused-ring (bicyclic) bond motifs is 1. The number of pyridine rings is 2. The minimum Gasteiger partial charge on any atom is -0.467 e. The van der Waals surface area contributed by atoms with E-state index in [1.54, 1.807) is 18.5 Å². The highest BCUT2D eigenvalue weighted by Gasteiger charge is 2.28. The zero-order chi connectivity index (χ0) is 15.2. The molecule has 0 aromatic carbocycles. The second-order valence-corrected chi connectivity index (χ2v) is 6.12. The van der Waals surface area contributed by atoms with Crippen LogP contribution >= 0.6 is 23.2 Å². The molecule has 0 unspecified atom stereocenters. The van der Waals surface area contributed by atoms with E-state index >= 15 is 0 Å². The minimum atomic E-state index is -0.592. The summed E-state index contributed by atoms with van der Waals surface area (Å²) in [5, 5.41) is 0.452. The maximum atomic E-state index is 12.3. The summed E-state index contributed by atoms with van der Waals surface area (Å²) in [6, 6.07) is 5.05. The molecule has 0 aliphatic carbocycles. The molecule has 3 heterocycles. The van der Waals surface area contributed by atoms with Gasteiger partial charge < -0.3 is 4.74 Å². The molecule has 108 valence electrons. The maximum absolute atomic E-state index is 12.3. The number of halogens is 2. The van der Waals surface area contributed by atoms with Crippen LogP contribution in [0.5, 0.6) is 5.88 Å². The first kappa shape index (κ1) is 14.2. The average Bonchev–Trinajstić information content (AvgIpc) is 2.41. The maximum Gasteiger partial charge on any atom is 0.273 e. The van der Waals surface area contributed by atoms with Crippen LogP contribution in [-0.2, 0) is 0 Å². The third kappa shape index (κ3) is 2.57. The average molecular weight is 323 g/mol. The van der Waals surface area contributed by atoms with E-state index < -0.39 is 5.60 Å². The number of nitrogens with zero attached hydrogens (tertiary/aromatic N) is 2. The molecule has 0 N–H and O–H groups in total. The molecule has 1 aliphatic rings. The van der Waals surface area contributed by atoms with Crippen LogP contribution in [0.2, 0.25) is 10.0 Å². The second-order valence-electron chi connectivity index (χ2n) is 5.27. The number of hydrogen-bond donors (Lipinski definition) is 0. The van der Waals surface area contributed by atoms with E-state index in [-0.39, 0.29) is 10.6 Å². The molecular weight excluding hydrogens is 311 g/mol. The summed E-state index contributed by atoms with van der Waals surface area (Å²) in [5.74, 6) is 0.475. The Balaban J connectivity index is 2.30. The highest BCUT2D eigenvalue weighted by Crippen LogP contribution is 2.34. The number of hydrogen-bond acceptors (Lipinski definition) is 3. The quantitative estimate of drug-likeness (QED) is 0.805. The lowest BCUT2D eigenvalue weighted by molar-refractivity contribution is 0.149. The molecule has 6 heteroatoms. The molecule has 0 fully saturated rings. The Labute approximate surface area is 131 Å². The van der Waals surface area contributed by atoms with E-state index in [2.05, 4.69) is 4.98 Å². The van der Waals surface area contributed by atoms with Crippen molar-refractivity contribution >= 4 is 28.9 Å². The van der Waals surface area contributed by atoms with Gasteiger partial charge in [0, 0.05) is 12.4 Å². The lowest BCUT2D eigenvalue weighted by Crippen LogP contribution is -2.32. The molecule has 0 radical (unpaired) electrons. The van der Waals surface area contributed by atoms with Crippen LogP contribution in [0.15, 0.2) is 41.5 Å². The number of aromatic nitrogens is 2. The van der Waals surface area contributed by atoms with E-state index in [1.807, 2.05) is 26.0 Å². The molecule has 2 aromatic heterocycles. The van der Waals surface area contributed by atoms with Crippen molar-refractivity contribution in [2.45, 2.75) is 19.4 Å². The molecule has 4 nitrogen and oxygen atoms in total. The molecule has 0 atom stereocenters. The van der Waals surface area contributed by atoms with E-state index in [1.165, 1.54) is 10.6 Å². The third-order valence-corrected chi connectivity index (χ3v) is 3.57. The standard InChI is InChI=1S/C15H12Cl2N2O2/c1-15(2)7-12(10-4-3-5-18-13(10)21-15)19-8-9(16)6-11(17)14(19)20/h3-8H,1-2H3. The van der Waals surface area contributed by atoms with Gasteiger partial charge in [0.2, 0.25) is 5.88 Å². The SMILES string of the molecule is CC1(C)C=C(n2cc(Cl)cc(Cl)c2=O)c2cccnc2O1. The Kier molecular flexibility index (Phi) is 3.30. The monoisotopic (exact) mass is 322 g/mol. The smallest absolute Gasteiger partial charge is 0.273 e. The normalized spacial score (nSPS) is 15.9. The van der Waals surface area contributed by atoms with Gasteiger partial charge in [0.1, 0.15) is 10.6 Å². The second kappa shape index (κ2) is 4.90. The fourth-order valence-electron chi connectivity index (χ4n) is 2.25. The molecule has 1 aliphatic heterocycles. The third-order valence-electron chi connectivity index (χ3n) is 3.09. The van der Waals surface area contributed by atoms with Gasteiger partial charge >= 0.3 is 0 Å². The Morgan fingerprint density at radius 3 is 2.86 bits per heavy atom. The van der Waals surface area contributed by atoms with Crippen molar-refractivity contribution in [2.75, 3.05) is 0 Å². The topological polar surface area (TPSA) is 44.1 Å². The van der Waals surface area contributed by atoms with E-state index in [4.69, 9.17) is 27.9 Å². The highest BCUT2D eigenvalue weighted by atomic mass is 35.5. The van der Waals surface area contributed by atoms with Crippen molar-refractivity contribution in [1.82, 2.24) is 9.55 Å². The van der Waals surface area contributed by atoms with Crippen LogP contribution < -0.4 is 10.3 Å². The van der Waals surface area contributed by atoms with Gasteiger partial charge in [-0.15, -0.1) is 0 Å². The van der Waals surface area contributed by atoms with Crippen molar-refractivity contribution in [3.05, 3.63) is 62.6 Å². The van der Waals surface area contributed by atoms with Gasteiger partial charge in [-0.1, -0.05) is 23.2 Å². The van der Waals surface area contributed by atoms with E-state index in [0.29, 0.717) is 16.6 Å². The Morgan fingerprint density at radius 1 is 1.33 bits per heavy atom. The summed E-state index contributed by atoms with van der Waals surface area (Å²) < 4.78 is 7.23. The van der Waals surface area contributed by atoms with Crippen LogP contribution in [-0.4, -0.2) is 15.2 Å². The van der Waals surface area contributed by atoms with Gasteiger partial charge in [0.15, 0.2) is 0 Å². The molecule has 21 heavy (non-hydrogen) atoms. The Bertz CT molecular complexity index is 810. The van der Waals surface area contributed by atoms with Gasteiger partial charge in [0.25, 0.3) is 5.56 Å². The highest BCUT2D eigenvalue weighted by molar-refractivity contribution is 6.34. The van der Waals surface area contributed by atoms with Crippen molar-refractivity contribution < 1.29 is 4.74 Å². The van der Waals surface area contributed by atoms with Gasteiger partial charge in [-0.05, 0) is 38.1 Å². The fourth-order valence-corrected chi connectivity index (χ4v) is 2.72. The summed E-state index contributed by atoms with van der Waals surface area (Å²) in [4.78, 5) is 16.5. The largest absolute Gasteiger partial charge is 0.467 e. The Hall–Kier alpha value is -1.78. The Morgan fingerprint density at radius 2 is 2.10 bits per heavy atom. The first-order valence-electron chi connectivity index (χ1n) is 6.33. The lowest BCUT2D eigenvalue weighted by atomic mass is 10.0. The summed E-state index contributed by atoms with van der Waals surface area (Å²) in [7, 11) is 0. The van der Waals surface area contributed by atoms with Crippen LogP contribution in [0.4, 0.5) is 0 Å². The van der Waals surface area contributed by atoms with Crippen molar-refractivity contribution in [1.29, 1.82) is 0 Å². The van der Waals surface area contributed by atoms with E-state index in [0.717, 1.165) is 5.56 Å². The van der Waals surface area contributed by atoms with Crippen LogP contribution in [0.3, 0.4) is 0 Å². The van der Waals surface area contributed by atoms with Crippen LogP contribution in [0, 0.1) is 0 Å². The fraction of sp³-hybridized carbons (Fsp3) is 0.200. The number of ether oxygens (including phenoxy) is 1. The van der Waals surface area contributed by atoms with Gasteiger partial charge in [0.05, 0.1) is 16.3 Å². The molecular formula is C15H12Cl2N2O2. The lowest BCUT2D eigenvalue weighted by Gasteiger charge is -2.30. The van der Waals surface area contributed by atoms with Gasteiger partial charge in [-0.3, -0.25) is 9.36 Å². The molecule has 0 bridgehead atoms. The zero-order valence-corrected chi connectivity index (χ0v) is 12.9.